The summed E-state index contributed by atoms with van der Waals surface area (Å²) in [4.78, 5) is 29.7. The maximum atomic E-state index is 12.6. The van der Waals surface area contributed by atoms with Crippen LogP contribution in [0.25, 0.3) is 0 Å². The van der Waals surface area contributed by atoms with Crippen molar-refractivity contribution in [1.29, 1.82) is 0 Å². The molecular formula is C22H22N4O2. The molecule has 0 aliphatic carbocycles. The lowest BCUT2D eigenvalue weighted by atomic mass is 10.2. The molecule has 3 aromatic rings. The van der Waals surface area contributed by atoms with Crippen LogP contribution in [0.1, 0.15) is 23.0 Å². The van der Waals surface area contributed by atoms with Gasteiger partial charge in [-0.15, -0.1) is 0 Å². The first-order chi connectivity index (χ1) is 13.5. The van der Waals surface area contributed by atoms with Gasteiger partial charge in [0.05, 0.1) is 11.9 Å². The Labute approximate surface area is 164 Å². The Kier molecular flexibility index (Phi) is 6.01. The molecule has 3 rings (SSSR count). The topological polar surface area (TPSA) is 74.3 Å². The fourth-order valence-electron chi connectivity index (χ4n) is 2.76. The summed E-state index contributed by atoms with van der Waals surface area (Å²) in [5, 5.41) is 5.96. The van der Waals surface area contributed by atoms with Crippen molar-refractivity contribution in [3.05, 3.63) is 84.2 Å². The molecule has 6 nitrogen and oxygen atoms in total. The highest BCUT2D eigenvalue weighted by atomic mass is 16.2. The number of aromatic nitrogens is 1. The Morgan fingerprint density at radius 3 is 2.36 bits per heavy atom. The third-order valence-electron chi connectivity index (χ3n) is 4.06. The number of nitrogens with zero attached hydrogens (tertiary/aromatic N) is 2. The largest absolute Gasteiger partial charge is 0.354 e. The molecule has 0 radical (unpaired) electrons. The van der Waals surface area contributed by atoms with Crippen LogP contribution in [0, 0.1) is 0 Å². The van der Waals surface area contributed by atoms with Crippen LogP contribution in [0.3, 0.4) is 0 Å². The predicted octanol–water partition coefficient (Wildman–Crippen LogP) is 4.06. The van der Waals surface area contributed by atoms with E-state index in [0.717, 1.165) is 16.9 Å². The zero-order valence-electron chi connectivity index (χ0n) is 15.8. The van der Waals surface area contributed by atoms with Gasteiger partial charge in [-0.2, -0.15) is 0 Å². The molecule has 0 saturated carbocycles. The number of pyridine rings is 1. The van der Waals surface area contributed by atoms with E-state index in [-0.39, 0.29) is 11.8 Å². The Balaban J connectivity index is 1.64. The second-order valence-corrected chi connectivity index (χ2v) is 6.47. The lowest BCUT2D eigenvalue weighted by Gasteiger charge is -2.17. The first kappa shape index (κ1) is 19.1. The van der Waals surface area contributed by atoms with E-state index in [9.17, 15) is 9.59 Å². The number of nitrogens with one attached hydrogen (secondary N) is 2. The number of carbonyl (C=O) groups is 2. The van der Waals surface area contributed by atoms with E-state index in [1.54, 1.807) is 24.2 Å². The van der Waals surface area contributed by atoms with Gasteiger partial charge < -0.3 is 15.5 Å². The average molecular weight is 374 g/mol. The summed E-state index contributed by atoms with van der Waals surface area (Å²) in [5.41, 5.74) is 3.72. The van der Waals surface area contributed by atoms with E-state index in [1.807, 2.05) is 60.7 Å². The molecule has 0 bridgehead atoms. The summed E-state index contributed by atoms with van der Waals surface area (Å²) in [7, 11) is 1.76. The molecule has 28 heavy (non-hydrogen) atoms. The summed E-state index contributed by atoms with van der Waals surface area (Å²) < 4.78 is 0. The summed E-state index contributed by atoms with van der Waals surface area (Å²) in [6.45, 7) is 1.99. The third-order valence-corrected chi connectivity index (χ3v) is 4.06. The Morgan fingerprint density at radius 2 is 1.68 bits per heavy atom. The number of benzene rings is 2. The molecule has 0 aliphatic rings. The minimum atomic E-state index is -0.136. The van der Waals surface area contributed by atoms with Gasteiger partial charge in [0.2, 0.25) is 5.91 Å². The van der Waals surface area contributed by atoms with Crippen LogP contribution in [-0.4, -0.2) is 28.7 Å². The highest BCUT2D eigenvalue weighted by Crippen LogP contribution is 2.20. The summed E-state index contributed by atoms with van der Waals surface area (Å²) in [6, 6.07) is 20.7. The number of hydrogen-bond donors (Lipinski definition) is 2. The fourth-order valence-corrected chi connectivity index (χ4v) is 2.76. The first-order valence-corrected chi connectivity index (χ1v) is 8.91. The van der Waals surface area contributed by atoms with Gasteiger partial charge in [-0.05, 0) is 35.9 Å². The van der Waals surface area contributed by atoms with Crippen molar-refractivity contribution in [2.45, 2.75) is 13.5 Å². The quantitative estimate of drug-likeness (QED) is 0.682. The van der Waals surface area contributed by atoms with Gasteiger partial charge in [-0.25, -0.2) is 4.98 Å². The molecule has 0 saturated heterocycles. The van der Waals surface area contributed by atoms with Crippen LogP contribution in [-0.2, 0) is 11.3 Å². The van der Waals surface area contributed by atoms with Gasteiger partial charge in [-0.1, -0.05) is 36.4 Å². The molecule has 0 fully saturated rings. The highest BCUT2D eigenvalue weighted by molar-refractivity contribution is 5.92. The van der Waals surface area contributed by atoms with Crippen molar-refractivity contribution in [3.8, 4) is 0 Å². The average Bonchev–Trinajstić information content (AvgIpc) is 2.68. The van der Waals surface area contributed by atoms with Crippen LogP contribution in [0.15, 0.2) is 72.9 Å². The smallest absolute Gasteiger partial charge is 0.272 e. The molecule has 1 aromatic heterocycles. The molecule has 142 valence electrons. The Bertz CT molecular complexity index is 956. The van der Waals surface area contributed by atoms with E-state index in [4.69, 9.17) is 0 Å². The van der Waals surface area contributed by atoms with E-state index >= 15 is 0 Å². The molecule has 2 N–H and O–H groups in total. The lowest BCUT2D eigenvalue weighted by Crippen LogP contribution is -2.26. The van der Waals surface area contributed by atoms with Gasteiger partial charge in [0, 0.05) is 31.9 Å². The standard InChI is InChI=1S/C22H22N4O2/c1-16(27)24-18-9-6-10-19(13-18)25-20-11-12-21(23-14-20)22(28)26(2)15-17-7-4-3-5-8-17/h3-14,25H,15H2,1-2H3,(H,24,27). The van der Waals surface area contributed by atoms with E-state index in [1.165, 1.54) is 6.92 Å². The van der Waals surface area contributed by atoms with Crippen LogP contribution in [0.4, 0.5) is 17.1 Å². The van der Waals surface area contributed by atoms with Crippen molar-refractivity contribution >= 4 is 28.9 Å². The lowest BCUT2D eigenvalue weighted by molar-refractivity contribution is -0.114. The minimum Gasteiger partial charge on any atom is -0.354 e. The second-order valence-electron chi connectivity index (χ2n) is 6.47. The second kappa shape index (κ2) is 8.81. The Hall–Kier alpha value is -3.67. The van der Waals surface area contributed by atoms with Gasteiger partial charge in [-0.3, -0.25) is 9.59 Å². The molecule has 1 heterocycles. The zero-order chi connectivity index (χ0) is 19.9. The maximum absolute atomic E-state index is 12.6. The van der Waals surface area contributed by atoms with E-state index in [0.29, 0.717) is 17.9 Å². The summed E-state index contributed by atoms with van der Waals surface area (Å²) >= 11 is 0. The molecule has 0 aliphatic heterocycles. The predicted molar refractivity (Wildman–Crippen MR) is 111 cm³/mol. The normalized spacial score (nSPS) is 10.2. The van der Waals surface area contributed by atoms with Crippen LogP contribution in [0.5, 0.6) is 0 Å². The Morgan fingerprint density at radius 1 is 0.929 bits per heavy atom. The maximum Gasteiger partial charge on any atom is 0.272 e. The first-order valence-electron chi connectivity index (χ1n) is 8.91. The molecule has 0 unspecified atom stereocenters. The van der Waals surface area contributed by atoms with Crippen molar-refractivity contribution < 1.29 is 9.59 Å². The number of carbonyl (C=O) groups excluding carboxylic acids is 2. The van der Waals surface area contributed by atoms with Gasteiger partial charge in [0.15, 0.2) is 0 Å². The van der Waals surface area contributed by atoms with Crippen LogP contribution < -0.4 is 10.6 Å². The zero-order valence-corrected chi connectivity index (χ0v) is 15.8. The highest BCUT2D eigenvalue weighted by Gasteiger charge is 2.13. The number of hydrogen-bond acceptors (Lipinski definition) is 4. The van der Waals surface area contributed by atoms with Crippen molar-refractivity contribution in [2.75, 3.05) is 17.7 Å². The van der Waals surface area contributed by atoms with E-state index in [2.05, 4.69) is 15.6 Å². The molecule has 6 heteroatoms. The molecular weight excluding hydrogens is 352 g/mol. The SMILES string of the molecule is CC(=O)Nc1cccc(Nc2ccc(C(=O)N(C)Cc3ccccc3)nc2)c1. The fraction of sp³-hybridized carbons (Fsp3) is 0.136. The number of rotatable bonds is 6. The monoisotopic (exact) mass is 374 g/mol. The number of anilines is 3. The molecule has 0 atom stereocenters. The van der Waals surface area contributed by atoms with Crippen molar-refractivity contribution in [1.82, 2.24) is 9.88 Å². The van der Waals surface area contributed by atoms with Gasteiger partial charge in [0.1, 0.15) is 5.69 Å². The van der Waals surface area contributed by atoms with Gasteiger partial charge in [0.25, 0.3) is 5.91 Å². The third kappa shape index (κ3) is 5.17. The molecule has 2 aromatic carbocycles. The summed E-state index contributed by atoms with van der Waals surface area (Å²) in [6.07, 6.45) is 1.62. The minimum absolute atomic E-state index is 0.124. The van der Waals surface area contributed by atoms with Crippen molar-refractivity contribution in [3.63, 3.8) is 0 Å². The molecule has 2 amide bonds. The van der Waals surface area contributed by atoms with Gasteiger partial charge >= 0.3 is 0 Å². The van der Waals surface area contributed by atoms with Crippen molar-refractivity contribution in [2.24, 2.45) is 0 Å². The molecule has 0 spiro atoms. The van der Waals surface area contributed by atoms with E-state index < -0.39 is 0 Å². The van der Waals surface area contributed by atoms with Crippen LogP contribution >= 0.6 is 0 Å². The summed E-state index contributed by atoms with van der Waals surface area (Å²) in [5.74, 6) is -0.260. The number of amides is 2. The van der Waals surface area contributed by atoms with Crippen LogP contribution in [0.2, 0.25) is 0 Å².